The third-order valence-electron chi connectivity index (χ3n) is 1.81. The van der Waals surface area contributed by atoms with Gasteiger partial charge in [0.15, 0.2) is 6.29 Å². The van der Waals surface area contributed by atoms with Crippen LogP contribution in [0.5, 0.6) is 0 Å². The van der Waals surface area contributed by atoms with Crippen molar-refractivity contribution < 1.29 is 14.7 Å². The van der Waals surface area contributed by atoms with Crippen molar-refractivity contribution in [1.82, 2.24) is 4.98 Å². The number of H-pyrrole nitrogens is 1. The Morgan fingerprint density at radius 2 is 2.08 bits per heavy atom. The van der Waals surface area contributed by atoms with Crippen molar-refractivity contribution in [1.29, 1.82) is 0 Å². The maximum atomic E-state index is 10.6. The fourth-order valence-corrected chi connectivity index (χ4v) is 1.21. The predicted molar refractivity (Wildman–Crippen MR) is 42.6 cm³/mol. The maximum absolute atomic E-state index is 10.6. The molecule has 0 unspecified atom stereocenters. The Hall–Kier alpha value is -1.58. The Morgan fingerprint density at radius 3 is 2.33 bits per heavy atom. The van der Waals surface area contributed by atoms with Crippen LogP contribution in [0.1, 0.15) is 32.1 Å². The number of nitrogens with one attached hydrogen (secondary N) is 1. The van der Waals surface area contributed by atoms with Crippen molar-refractivity contribution in [2.45, 2.75) is 13.8 Å². The van der Waals surface area contributed by atoms with Gasteiger partial charge in [0.1, 0.15) is 0 Å². The molecule has 0 spiro atoms. The number of carboxylic acids is 1. The zero-order valence-electron chi connectivity index (χ0n) is 6.84. The first kappa shape index (κ1) is 8.52. The fourth-order valence-electron chi connectivity index (χ4n) is 1.21. The normalized spacial score (nSPS) is 9.83. The van der Waals surface area contributed by atoms with Crippen LogP contribution in [0.25, 0.3) is 0 Å². The number of aromatic nitrogens is 1. The van der Waals surface area contributed by atoms with Crippen LogP contribution < -0.4 is 0 Å². The van der Waals surface area contributed by atoms with E-state index in [0.29, 0.717) is 23.2 Å². The molecular formula is C8H9NO3. The summed E-state index contributed by atoms with van der Waals surface area (Å²) in [5, 5.41) is 8.72. The molecular weight excluding hydrogens is 159 g/mol. The minimum absolute atomic E-state index is 0.192. The highest BCUT2D eigenvalue weighted by Crippen LogP contribution is 2.15. The first-order chi connectivity index (χ1) is 5.57. The molecule has 0 fully saturated rings. The standard InChI is InChI=1S/C8H9NO3/c1-4-6(3-10)9-5(2)7(4)8(11)12/h3,9H,1-2H3,(H,11,12)/i3+1. The smallest absolute Gasteiger partial charge is 0.337 e. The SMILES string of the molecule is Cc1[nH]c([13CH]=O)c(C)c1C(=O)O. The summed E-state index contributed by atoms with van der Waals surface area (Å²) in [6.45, 7) is 3.24. The van der Waals surface area contributed by atoms with Crippen LogP contribution in [-0.2, 0) is 0 Å². The van der Waals surface area contributed by atoms with E-state index in [0.717, 1.165) is 0 Å². The Morgan fingerprint density at radius 1 is 1.50 bits per heavy atom. The van der Waals surface area contributed by atoms with E-state index in [9.17, 15) is 9.59 Å². The summed E-state index contributed by atoms with van der Waals surface area (Å²) in [5.41, 5.74) is 1.54. The highest BCUT2D eigenvalue weighted by molar-refractivity contribution is 5.94. The highest BCUT2D eigenvalue weighted by atomic mass is 16.4. The van der Waals surface area contributed by atoms with Crippen molar-refractivity contribution in [2.24, 2.45) is 0 Å². The van der Waals surface area contributed by atoms with Crippen molar-refractivity contribution in [2.75, 3.05) is 0 Å². The molecule has 0 saturated heterocycles. The second-order valence-corrected chi connectivity index (χ2v) is 2.59. The number of aromatic amines is 1. The Kier molecular flexibility index (Phi) is 1.99. The molecule has 0 radical (unpaired) electrons. The molecule has 0 atom stereocenters. The highest BCUT2D eigenvalue weighted by Gasteiger charge is 2.16. The Labute approximate surface area is 69.2 Å². The van der Waals surface area contributed by atoms with Gasteiger partial charge in [-0.3, -0.25) is 4.79 Å². The molecule has 0 aromatic carbocycles. The van der Waals surface area contributed by atoms with Crippen molar-refractivity contribution in [3.05, 3.63) is 22.5 Å². The molecule has 64 valence electrons. The van der Waals surface area contributed by atoms with Gasteiger partial charge in [-0.25, -0.2) is 4.79 Å². The lowest BCUT2D eigenvalue weighted by Crippen LogP contribution is -1.98. The molecule has 0 aliphatic rings. The number of hydrogen-bond donors (Lipinski definition) is 2. The summed E-state index contributed by atoms with van der Waals surface area (Å²) in [7, 11) is 0. The van der Waals surface area contributed by atoms with Gasteiger partial charge in [-0.1, -0.05) is 0 Å². The summed E-state index contributed by atoms with van der Waals surface area (Å²) < 4.78 is 0. The van der Waals surface area contributed by atoms with Crippen molar-refractivity contribution in [3.8, 4) is 0 Å². The molecule has 0 aliphatic heterocycles. The minimum Gasteiger partial charge on any atom is -0.478 e. The number of carbonyl (C=O) groups excluding carboxylic acids is 1. The first-order valence-corrected chi connectivity index (χ1v) is 3.45. The van der Waals surface area contributed by atoms with E-state index in [4.69, 9.17) is 5.11 Å². The van der Waals surface area contributed by atoms with Gasteiger partial charge in [0.2, 0.25) is 0 Å². The number of aldehydes is 1. The zero-order chi connectivity index (χ0) is 9.30. The summed E-state index contributed by atoms with van der Waals surface area (Å²) in [6, 6.07) is 0. The molecule has 1 heterocycles. The van der Waals surface area contributed by atoms with E-state index >= 15 is 0 Å². The minimum atomic E-state index is -1.01. The van der Waals surface area contributed by atoms with Crippen LogP contribution in [0, 0.1) is 13.8 Å². The van der Waals surface area contributed by atoms with Gasteiger partial charge >= 0.3 is 5.97 Å². The molecule has 12 heavy (non-hydrogen) atoms. The van der Waals surface area contributed by atoms with Crippen molar-refractivity contribution in [3.63, 3.8) is 0 Å². The number of carbonyl (C=O) groups is 2. The first-order valence-electron chi connectivity index (χ1n) is 3.45. The number of hydrogen-bond acceptors (Lipinski definition) is 2. The molecule has 1 aromatic heterocycles. The lowest BCUT2D eigenvalue weighted by molar-refractivity contribution is 0.0695. The third kappa shape index (κ3) is 1.11. The number of rotatable bonds is 2. The lowest BCUT2D eigenvalue weighted by atomic mass is 10.1. The number of aromatic carboxylic acids is 1. The van der Waals surface area contributed by atoms with E-state index < -0.39 is 5.97 Å². The molecule has 4 nitrogen and oxygen atoms in total. The van der Waals surface area contributed by atoms with Crippen molar-refractivity contribution >= 4 is 12.3 Å². The van der Waals surface area contributed by atoms with Crippen LogP contribution in [-0.4, -0.2) is 22.3 Å². The molecule has 0 amide bonds. The van der Waals surface area contributed by atoms with Crippen LogP contribution in [0.2, 0.25) is 0 Å². The Bertz CT molecular complexity index is 338. The number of carboxylic acid groups (broad SMARTS) is 1. The lowest BCUT2D eigenvalue weighted by Gasteiger charge is -1.92. The second-order valence-electron chi connectivity index (χ2n) is 2.59. The van der Waals surface area contributed by atoms with Gasteiger partial charge in [0.25, 0.3) is 0 Å². The van der Waals surface area contributed by atoms with Crippen LogP contribution in [0.4, 0.5) is 0 Å². The fraction of sp³-hybridized carbons (Fsp3) is 0.250. The monoisotopic (exact) mass is 168 g/mol. The average Bonchev–Trinajstić information content (AvgIpc) is 2.25. The van der Waals surface area contributed by atoms with Gasteiger partial charge in [-0.15, -0.1) is 0 Å². The third-order valence-corrected chi connectivity index (χ3v) is 1.81. The van der Waals surface area contributed by atoms with E-state index in [-0.39, 0.29) is 5.56 Å². The van der Waals surface area contributed by atoms with Gasteiger partial charge < -0.3 is 10.1 Å². The molecule has 0 saturated carbocycles. The molecule has 4 heteroatoms. The molecule has 0 aliphatic carbocycles. The summed E-state index contributed by atoms with van der Waals surface area (Å²) in [4.78, 5) is 23.7. The summed E-state index contributed by atoms with van der Waals surface area (Å²) in [6.07, 6.45) is 0.620. The van der Waals surface area contributed by atoms with Gasteiger partial charge in [-0.05, 0) is 19.4 Å². The van der Waals surface area contributed by atoms with E-state index in [1.807, 2.05) is 0 Å². The van der Waals surface area contributed by atoms with Crippen LogP contribution in [0.15, 0.2) is 0 Å². The second kappa shape index (κ2) is 2.81. The largest absolute Gasteiger partial charge is 0.478 e. The predicted octanol–water partition coefficient (Wildman–Crippen LogP) is 1.14. The van der Waals surface area contributed by atoms with Gasteiger partial charge in [0.05, 0.1) is 11.3 Å². The zero-order valence-corrected chi connectivity index (χ0v) is 6.84. The van der Waals surface area contributed by atoms with E-state index in [1.54, 1.807) is 13.8 Å². The van der Waals surface area contributed by atoms with E-state index in [1.165, 1.54) is 0 Å². The van der Waals surface area contributed by atoms with Crippen LogP contribution in [0.3, 0.4) is 0 Å². The summed E-state index contributed by atoms with van der Waals surface area (Å²) in [5.74, 6) is -1.01. The molecule has 1 rings (SSSR count). The van der Waals surface area contributed by atoms with E-state index in [2.05, 4.69) is 4.98 Å². The topological polar surface area (TPSA) is 70.2 Å². The molecule has 2 N–H and O–H groups in total. The molecule has 1 aromatic rings. The molecule has 0 bridgehead atoms. The Balaban J connectivity index is 3.37. The summed E-state index contributed by atoms with van der Waals surface area (Å²) >= 11 is 0. The maximum Gasteiger partial charge on any atom is 0.337 e. The van der Waals surface area contributed by atoms with Gasteiger partial charge in [-0.2, -0.15) is 0 Å². The van der Waals surface area contributed by atoms with Gasteiger partial charge in [0, 0.05) is 5.69 Å². The number of aryl methyl sites for hydroxylation is 1. The quantitative estimate of drug-likeness (QED) is 0.514. The van der Waals surface area contributed by atoms with Crippen LogP contribution >= 0.6 is 0 Å². The average molecular weight is 168 g/mol.